The highest BCUT2D eigenvalue weighted by Crippen LogP contribution is 2.34. The molecule has 1 N–H and O–H groups in total. The number of aromatic nitrogens is 2. The molecule has 3 rings (SSSR count). The number of thiophene rings is 1. The van der Waals surface area contributed by atoms with Crippen LogP contribution in [0.3, 0.4) is 0 Å². The molecule has 28 heavy (non-hydrogen) atoms. The number of hydrogen-bond acceptors (Lipinski definition) is 7. The molecule has 0 saturated carbocycles. The first-order chi connectivity index (χ1) is 13.5. The van der Waals surface area contributed by atoms with Crippen molar-refractivity contribution in [3.8, 4) is 0 Å². The lowest BCUT2D eigenvalue weighted by molar-refractivity contribution is -0.118. The normalized spacial score (nSPS) is 16.6. The number of aryl methyl sites for hydroxylation is 2. The number of thioether (sulfide) groups is 1. The lowest BCUT2D eigenvalue weighted by atomic mass is 10.0. The van der Waals surface area contributed by atoms with E-state index in [1.165, 1.54) is 22.2 Å². The smallest absolute Gasteiger partial charge is 0.230 e. The predicted molar refractivity (Wildman–Crippen MR) is 116 cm³/mol. The Morgan fingerprint density at radius 3 is 2.79 bits per heavy atom. The van der Waals surface area contributed by atoms with Crippen LogP contribution in [0.25, 0.3) is 10.2 Å². The van der Waals surface area contributed by atoms with Crippen LogP contribution in [0.4, 0.5) is 0 Å². The zero-order valence-corrected chi connectivity index (χ0v) is 18.8. The summed E-state index contributed by atoms with van der Waals surface area (Å²) in [6, 6.07) is 0.366. The number of carbonyl (C=O) groups is 1. The zero-order valence-electron chi connectivity index (χ0n) is 17.2. The Labute approximate surface area is 175 Å². The zero-order chi connectivity index (χ0) is 20.1. The molecule has 1 unspecified atom stereocenters. The average molecular weight is 423 g/mol. The Bertz CT molecular complexity index is 803. The van der Waals surface area contributed by atoms with Crippen LogP contribution in [0.5, 0.6) is 0 Å². The van der Waals surface area contributed by atoms with Crippen molar-refractivity contribution in [3.05, 3.63) is 16.8 Å². The first-order valence-corrected chi connectivity index (χ1v) is 11.7. The summed E-state index contributed by atoms with van der Waals surface area (Å²) in [6.07, 6.45) is 2.67. The third-order valence-electron chi connectivity index (χ3n) is 5.11. The summed E-state index contributed by atoms with van der Waals surface area (Å²) in [5.74, 6) is 1.03. The second kappa shape index (κ2) is 10.0. The van der Waals surface area contributed by atoms with E-state index in [1.54, 1.807) is 17.7 Å². The summed E-state index contributed by atoms with van der Waals surface area (Å²) >= 11 is 3.18. The minimum atomic E-state index is 0.0587. The van der Waals surface area contributed by atoms with E-state index in [0.717, 1.165) is 48.0 Å². The average Bonchev–Trinajstić information content (AvgIpc) is 2.98. The Morgan fingerprint density at radius 2 is 2.07 bits per heavy atom. The molecule has 1 saturated heterocycles. The van der Waals surface area contributed by atoms with Gasteiger partial charge in [-0.3, -0.25) is 9.69 Å². The summed E-state index contributed by atoms with van der Waals surface area (Å²) in [7, 11) is 0. The van der Waals surface area contributed by atoms with Gasteiger partial charge in [-0.15, -0.1) is 11.3 Å². The molecule has 8 heteroatoms. The first kappa shape index (κ1) is 21.5. The number of nitrogens with one attached hydrogen (secondary N) is 1. The van der Waals surface area contributed by atoms with E-state index in [1.807, 2.05) is 0 Å². The number of fused-ring (bicyclic) bond motifs is 1. The summed E-state index contributed by atoms with van der Waals surface area (Å²) in [6.45, 7) is 12.8. The van der Waals surface area contributed by atoms with Gasteiger partial charge >= 0.3 is 0 Å². The van der Waals surface area contributed by atoms with E-state index in [9.17, 15) is 4.79 Å². The van der Waals surface area contributed by atoms with Crippen molar-refractivity contribution in [2.75, 3.05) is 38.6 Å². The molecule has 0 spiro atoms. The van der Waals surface area contributed by atoms with Gasteiger partial charge in [0.1, 0.15) is 16.2 Å². The van der Waals surface area contributed by atoms with Crippen LogP contribution in [-0.2, 0) is 9.53 Å². The van der Waals surface area contributed by atoms with Crippen LogP contribution >= 0.6 is 23.1 Å². The van der Waals surface area contributed by atoms with Crippen LogP contribution in [-0.4, -0.2) is 65.4 Å². The Kier molecular flexibility index (Phi) is 7.68. The van der Waals surface area contributed by atoms with Crippen molar-refractivity contribution >= 4 is 39.2 Å². The topological polar surface area (TPSA) is 67.4 Å². The molecule has 1 fully saturated rings. The summed E-state index contributed by atoms with van der Waals surface area (Å²) in [5, 5.41) is 5.13. The third kappa shape index (κ3) is 5.43. The Hall–Kier alpha value is -1.22. The summed E-state index contributed by atoms with van der Waals surface area (Å²) < 4.78 is 5.47. The molecule has 1 amide bonds. The van der Waals surface area contributed by atoms with E-state index in [2.05, 4.69) is 47.9 Å². The molecule has 2 aromatic heterocycles. The maximum Gasteiger partial charge on any atom is 0.230 e. The fraction of sp³-hybridized carbons (Fsp3) is 0.650. The maximum absolute atomic E-state index is 12.5. The minimum Gasteiger partial charge on any atom is -0.379 e. The number of ether oxygens (including phenoxy) is 1. The quantitative estimate of drug-likeness (QED) is 0.520. The van der Waals surface area contributed by atoms with Crippen molar-refractivity contribution in [2.24, 2.45) is 5.92 Å². The number of rotatable bonds is 8. The molecule has 0 aliphatic carbocycles. The lowest BCUT2D eigenvalue weighted by Gasteiger charge is -2.35. The second-order valence-corrected chi connectivity index (χ2v) is 9.83. The molecule has 3 heterocycles. The van der Waals surface area contributed by atoms with Gasteiger partial charge in [0, 0.05) is 35.9 Å². The molecule has 0 aromatic carbocycles. The Morgan fingerprint density at radius 1 is 1.32 bits per heavy atom. The molecular weight excluding hydrogens is 392 g/mol. The lowest BCUT2D eigenvalue weighted by Crippen LogP contribution is -2.49. The highest BCUT2D eigenvalue weighted by Gasteiger charge is 2.22. The van der Waals surface area contributed by atoms with E-state index in [-0.39, 0.29) is 5.91 Å². The number of hydrogen-bond donors (Lipinski definition) is 1. The first-order valence-electron chi connectivity index (χ1n) is 9.87. The Balaban J connectivity index is 1.56. The van der Waals surface area contributed by atoms with Gasteiger partial charge in [-0.25, -0.2) is 9.97 Å². The number of amides is 1. The van der Waals surface area contributed by atoms with Gasteiger partial charge in [-0.2, -0.15) is 0 Å². The second-order valence-electron chi connectivity index (χ2n) is 7.67. The molecule has 0 bridgehead atoms. The fourth-order valence-electron chi connectivity index (χ4n) is 3.52. The van der Waals surface area contributed by atoms with Gasteiger partial charge in [-0.1, -0.05) is 25.6 Å². The molecule has 1 aliphatic heterocycles. The van der Waals surface area contributed by atoms with Crippen molar-refractivity contribution < 1.29 is 9.53 Å². The van der Waals surface area contributed by atoms with E-state index < -0.39 is 0 Å². The van der Waals surface area contributed by atoms with E-state index >= 15 is 0 Å². The largest absolute Gasteiger partial charge is 0.379 e. The van der Waals surface area contributed by atoms with E-state index in [4.69, 9.17) is 4.74 Å². The van der Waals surface area contributed by atoms with Crippen LogP contribution in [0.15, 0.2) is 11.4 Å². The number of morpholine rings is 1. The monoisotopic (exact) mass is 422 g/mol. The van der Waals surface area contributed by atoms with Gasteiger partial charge in [-0.05, 0) is 31.7 Å². The van der Waals surface area contributed by atoms with Crippen LogP contribution in [0, 0.1) is 19.8 Å². The van der Waals surface area contributed by atoms with Gasteiger partial charge in [0.05, 0.1) is 19.0 Å². The molecule has 1 atom stereocenters. The number of nitrogens with zero attached hydrogens (tertiary/aromatic N) is 3. The third-order valence-corrected chi connectivity index (χ3v) is 7.22. The number of carbonyl (C=O) groups excluding carboxylic acids is 1. The summed E-state index contributed by atoms with van der Waals surface area (Å²) in [5.41, 5.74) is 1.22. The van der Waals surface area contributed by atoms with Crippen LogP contribution in [0.1, 0.15) is 30.7 Å². The standard InChI is InChI=1S/C20H30N4O2S2/c1-13(2)9-16(24-5-7-26-8-6-24)10-21-17(25)11-27-19-18-14(3)15(4)28-20(18)23-12-22-19/h12-13,16H,5-11H2,1-4H3,(H,21,25). The SMILES string of the molecule is Cc1sc2ncnc(SCC(=O)NCC(CC(C)C)N3CCOCC3)c2c1C. The van der Waals surface area contributed by atoms with Gasteiger partial charge in [0.25, 0.3) is 0 Å². The van der Waals surface area contributed by atoms with Crippen LogP contribution in [0.2, 0.25) is 0 Å². The molecule has 0 radical (unpaired) electrons. The molecule has 1 aliphatic rings. The van der Waals surface area contributed by atoms with Gasteiger partial charge in [0.2, 0.25) is 5.91 Å². The molecule has 154 valence electrons. The maximum atomic E-state index is 12.5. The summed E-state index contributed by atoms with van der Waals surface area (Å²) in [4.78, 5) is 26.0. The van der Waals surface area contributed by atoms with Crippen LogP contribution < -0.4 is 5.32 Å². The molecule has 6 nitrogen and oxygen atoms in total. The molecule has 2 aromatic rings. The van der Waals surface area contributed by atoms with E-state index in [0.29, 0.717) is 24.3 Å². The van der Waals surface area contributed by atoms with Crippen molar-refractivity contribution in [1.82, 2.24) is 20.2 Å². The van der Waals surface area contributed by atoms with Gasteiger partial charge < -0.3 is 10.1 Å². The van der Waals surface area contributed by atoms with Crippen molar-refractivity contribution in [2.45, 2.75) is 45.2 Å². The predicted octanol–water partition coefficient (Wildman–Crippen LogP) is 3.26. The molecular formula is C20H30N4O2S2. The van der Waals surface area contributed by atoms with Crippen molar-refractivity contribution in [3.63, 3.8) is 0 Å². The van der Waals surface area contributed by atoms with Crippen molar-refractivity contribution in [1.29, 1.82) is 0 Å². The highest BCUT2D eigenvalue weighted by atomic mass is 32.2. The van der Waals surface area contributed by atoms with Gasteiger partial charge in [0.15, 0.2) is 0 Å². The minimum absolute atomic E-state index is 0.0587. The fourth-order valence-corrected chi connectivity index (χ4v) is 5.47. The highest BCUT2D eigenvalue weighted by molar-refractivity contribution is 8.00.